The Bertz CT molecular complexity index is 2820. The smallest absolute Gasteiger partial charge is 0.252 e. The number of para-hydroxylation sites is 3. The molecule has 6 heteroatoms. The molecule has 5 nitrogen and oxygen atoms in total. The van der Waals surface area contributed by atoms with Crippen LogP contribution in [0.2, 0.25) is 0 Å². The number of rotatable bonds is 9. The van der Waals surface area contributed by atoms with Gasteiger partial charge in [-0.05, 0) is 113 Å². The third kappa shape index (κ3) is 6.41. The molecule has 0 N–H and O–H groups in total. The molecule has 0 saturated heterocycles. The lowest BCUT2D eigenvalue weighted by atomic mass is 9.33. The molecule has 0 aliphatic carbocycles. The van der Waals surface area contributed by atoms with Gasteiger partial charge in [-0.3, -0.25) is 9.89 Å². The average Bonchev–Trinajstić information content (AvgIpc) is 3.31. The first-order chi connectivity index (χ1) is 29.2. The summed E-state index contributed by atoms with van der Waals surface area (Å²) in [7, 11) is 0. The molecular weight excluding hydrogens is 717 g/mol. The second-order valence-corrected chi connectivity index (χ2v) is 14.8. The van der Waals surface area contributed by atoms with Crippen LogP contribution in [0.4, 0.5) is 45.5 Å². The maximum Gasteiger partial charge on any atom is 0.252 e. The van der Waals surface area contributed by atoms with Gasteiger partial charge in [0.25, 0.3) is 6.71 Å². The van der Waals surface area contributed by atoms with Gasteiger partial charge in [-0.1, -0.05) is 140 Å². The fourth-order valence-corrected chi connectivity index (χ4v) is 8.65. The first kappa shape index (κ1) is 35.7. The second kappa shape index (κ2) is 15.3. The minimum Gasteiger partial charge on any atom is -0.311 e. The van der Waals surface area contributed by atoms with E-state index in [9.17, 15) is 0 Å². The van der Waals surface area contributed by atoms with Crippen LogP contribution in [0.5, 0.6) is 0 Å². The van der Waals surface area contributed by atoms with Gasteiger partial charge in [0.1, 0.15) is 0 Å². The van der Waals surface area contributed by atoms with Gasteiger partial charge in [0.15, 0.2) is 5.82 Å². The highest BCUT2D eigenvalue weighted by molar-refractivity contribution is 7.00. The zero-order chi connectivity index (χ0) is 39.7. The highest BCUT2D eigenvalue weighted by atomic mass is 15.2. The summed E-state index contributed by atoms with van der Waals surface area (Å²) in [5.74, 6) is 0.646. The zero-order valence-corrected chi connectivity index (χ0v) is 32.7. The molecule has 0 saturated carbocycles. The SMILES string of the molecule is C=N/C(=C\N=C(C)c1ccccc1)N1c2cc(-c3ccccc3)ccc2B2c3ccc(N(c4ccccc4)c4ccccc4)cc3N(c3ccccc3)c3cccc1c32. The Morgan fingerprint density at radius 3 is 1.76 bits per heavy atom. The molecule has 0 aromatic heterocycles. The van der Waals surface area contributed by atoms with E-state index in [-0.39, 0.29) is 6.71 Å². The van der Waals surface area contributed by atoms with Crippen LogP contribution in [0.25, 0.3) is 11.1 Å². The van der Waals surface area contributed by atoms with Crippen LogP contribution in [0.15, 0.2) is 228 Å². The highest BCUT2D eigenvalue weighted by Gasteiger charge is 2.43. The van der Waals surface area contributed by atoms with Crippen molar-refractivity contribution in [2.45, 2.75) is 6.92 Å². The summed E-state index contributed by atoms with van der Waals surface area (Å²) in [6.07, 6.45) is 1.85. The molecule has 8 aromatic rings. The minimum absolute atomic E-state index is 0.0659. The molecule has 8 aromatic carbocycles. The third-order valence-electron chi connectivity index (χ3n) is 11.3. The first-order valence-electron chi connectivity index (χ1n) is 20.0. The van der Waals surface area contributed by atoms with E-state index in [2.05, 4.69) is 209 Å². The van der Waals surface area contributed by atoms with E-state index in [4.69, 9.17) is 9.98 Å². The second-order valence-electron chi connectivity index (χ2n) is 14.8. The summed E-state index contributed by atoms with van der Waals surface area (Å²) in [6, 6.07) is 73.2. The summed E-state index contributed by atoms with van der Waals surface area (Å²) in [4.78, 5) is 16.7. The maximum absolute atomic E-state index is 4.98. The lowest BCUT2D eigenvalue weighted by molar-refractivity contribution is 1.11. The monoisotopic (exact) mass is 757 g/mol. The van der Waals surface area contributed by atoms with Gasteiger partial charge in [-0.15, -0.1) is 0 Å². The van der Waals surface area contributed by atoms with Crippen LogP contribution in [-0.4, -0.2) is 19.1 Å². The Hall–Kier alpha value is -7.70. The Balaban J connectivity index is 1.22. The quantitative estimate of drug-likeness (QED) is 0.109. The summed E-state index contributed by atoms with van der Waals surface area (Å²) in [5.41, 5.74) is 16.5. The van der Waals surface area contributed by atoms with Crippen molar-refractivity contribution in [3.8, 4) is 11.1 Å². The number of aliphatic imine (C=N–C) groups is 2. The molecule has 0 bridgehead atoms. The normalized spacial score (nSPS) is 13.0. The molecule has 0 unspecified atom stereocenters. The number of fused-ring (bicyclic) bond motifs is 4. The minimum atomic E-state index is -0.0659. The average molecular weight is 758 g/mol. The largest absolute Gasteiger partial charge is 0.311 e. The van der Waals surface area contributed by atoms with Crippen molar-refractivity contribution in [2.75, 3.05) is 14.7 Å². The third-order valence-corrected chi connectivity index (χ3v) is 11.3. The maximum atomic E-state index is 4.98. The van der Waals surface area contributed by atoms with E-state index in [1.54, 1.807) is 0 Å². The molecular formula is C53H40BN5. The van der Waals surface area contributed by atoms with Crippen LogP contribution in [-0.2, 0) is 0 Å². The number of benzene rings is 8. The molecule has 2 aliphatic rings. The number of nitrogens with zero attached hydrogens (tertiary/aromatic N) is 5. The van der Waals surface area contributed by atoms with Crippen molar-refractivity contribution in [3.63, 3.8) is 0 Å². The lowest BCUT2D eigenvalue weighted by Crippen LogP contribution is -2.61. The van der Waals surface area contributed by atoms with Gasteiger partial charge in [0.2, 0.25) is 0 Å². The van der Waals surface area contributed by atoms with E-state index in [1.807, 2.05) is 31.3 Å². The van der Waals surface area contributed by atoms with Crippen molar-refractivity contribution in [3.05, 3.63) is 224 Å². The van der Waals surface area contributed by atoms with Gasteiger partial charge in [-0.2, -0.15) is 0 Å². The van der Waals surface area contributed by atoms with Crippen molar-refractivity contribution in [1.82, 2.24) is 0 Å². The van der Waals surface area contributed by atoms with Gasteiger partial charge >= 0.3 is 0 Å². The van der Waals surface area contributed by atoms with E-state index in [0.29, 0.717) is 5.82 Å². The van der Waals surface area contributed by atoms with Crippen molar-refractivity contribution in [2.24, 2.45) is 9.98 Å². The number of hydrogen-bond donors (Lipinski definition) is 0. The van der Waals surface area contributed by atoms with Crippen molar-refractivity contribution >= 4 is 81.0 Å². The van der Waals surface area contributed by atoms with Crippen molar-refractivity contribution < 1.29 is 0 Å². The summed E-state index contributed by atoms with van der Waals surface area (Å²) in [5, 5.41) is 0. The zero-order valence-electron chi connectivity index (χ0n) is 32.7. The van der Waals surface area contributed by atoms with Crippen LogP contribution in [0.3, 0.4) is 0 Å². The predicted octanol–water partition coefficient (Wildman–Crippen LogP) is 11.6. The summed E-state index contributed by atoms with van der Waals surface area (Å²) in [6.45, 7) is 6.09. The van der Waals surface area contributed by atoms with Crippen LogP contribution >= 0.6 is 0 Å². The Morgan fingerprint density at radius 1 is 0.525 bits per heavy atom. The molecule has 10 rings (SSSR count). The first-order valence-corrected chi connectivity index (χ1v) is 20.0. The topological polar surface area (TPSA) is 34.4 Å². The Kier molecular flexibility index (Phi) is 9.28. The molecule has 280 valence electrons. The van der Waals surface area contributed by atoms with E-state index < -0.39 is 0 Å². The number of anilines is 8. The molecule has 0 fully saturated rings. The molecule has 59 heavy (non-hydrogen) atoms. The predicted molar refractivity (Wildman–Crippen MR) is 251 cm³/mol. The van der Waals surface area contributed by atoms with Crippen LogP contribution in [0, 0.1) is 0 Å². The lowest BCUT2D eigenvalue weighted by Gasteiger charge is -2.44. The molecule has 0 amide bonds. The molecule has 2 aliphatic heterocycles. The van der Waals surface area contributed by atoms with Gasteiger partial charge in [0, 0.05) is 51.2 Å². The van der Waals surface area contributed by atoms with Gasteiger partial charge in [-0.25, -0.2) is 4.99 Å². The van der Waals surface area contributed by atoms with Gasteiger partial charge < -0.3 is 9.80 Å². The molecule has 0 spiro atoms. The fraction of sp³-hybridized carbons (Fsp3) is 0.0189. The van der Waals surface area contributed by atoms with E-state index in [1.165, 1.54) is 16.4 Å². The Morgan fingerprint density at radius 2 is 1.10 bits per heavy atom. The van der Waals surface area contributed by atoms with Crippen LogP contribution < -0.4 is 31.1 Å². The van der Waals surface area contributed by atoms with Crippen LogP contribution in [0.1, 0.15) is 12.5 Å². The molecule has 0 radical (unpaired) electrons. The fourth-order valence-electron chi connectivity index (χ4n) is 8.65. The van der Waals surface area contributed by atoms with Crippen molar-refractivity contribution in [1.29, 1.82) is 0 Å². The Labute approximate surface area is 346 Å². The van der Waals surface area contributed by atoms with Gasteiger partial charge in [0.05, 0.1) is 6.20 Å². The van der Waals surface area contributed by atoms with E-state index in [0.717, 1.165) is 67.9 Å². The summed E-state index contributed by atoms with van der Waals surface area (Å²) >= 11 is 0. The van der Waals surface area contributed by atoms with E-state index >= 15 is 0 Å². The standard InChI is InChI=1S/C53H40BN5/c1-38(39-19-8-3-9-20-39)56-37-52(55-2)59-49-30-18-29-48-53(49)54(46-33-31-41(35-50(46)59)40-21-10-4-11-22-40)47-34-32-45(36-51(47)58(48)44-27-16-7-17-28-44)57(42-23-12-5-13-24-42)43-25-14-6-15-26-43/h3-37H,2H2,1H3/b52-37+,56-38?. The molecule has 2 heterocycles. The molecule has 0 atom stereocenters. The highest BCUT2D eigenvalue weighted by Crippen LogP contribution is 2.45. The summed E-state index contributed by atoms with van der Waals surface area (Å²) < 4.78 is 0. The number of hydrogen-bond acceptors (Lipinski definition) is 5.